The van der Waals surface area contributed by atoms with Gasteiger partial charge in [0.1, 0.15) is 13.2 Å². The zero-order valence-electron chi connectivity index (χ0n) is 16.4. The highest BCUT2D eigenvalue weighted by Crippen LogP contribution is 2.02. The second-order valence-corrected chi connectivity index (χ2v) is 7.64. The maximum absolute atomic E-state index is 11.1. The van der Waals surface area contributed by atoms with Crippen LogP contribution < -0.4 is 0 Å². The summed E-state index contributed by atoms with van der Waals surface area (Å²) in [6, 6.07) is 0. The van der Waals surface area contributed by atoms with Gasteiger partial charge in [0.05, 0.1) is 48.2 Å². The minimum Gasteiger partial charge on any atom is -0.481 e. The molecule has 0 heterocycles. The van der Waals surface area contributed by atoms with Crippen molar-refractivity contribution in [1.82, 2.24) is 0 Å². The fraction of sp³-hybridized carbons (Fsp3) is 0.706. The van der Waals surface area contributed by atoms with Gasteiger partial charge in [0.25, 0.3) is 0 Å². The number of carboxylic acids is 2. The molecule has 0 rings (SSSR count). The summed E-state index contributed by atoms with van der Waals surface area (Å²) in [6.07, 6.45) is 0.796. The molecule has 25 heavy (non-hydrogen) atoms. The second-order valence-electron chi connectivity index (χ2n) is 7.64. The summed E-state index contributed by atoms with van der Waals surface area (Å²) in [5.41, 5.74) is 0.390. The van der Waals surface area contributed by atoms with E-state index in [0.29, 0.717) is 34.1 Å². The molecule has 8 heteroatoms. The van der Waals surface area contributed by atoms with E-state index in [1.165, 1.54) is 0 Å². The lowest BCUT2D eigenvalue weighted by molar-refractivity contribution is -0.890. The highest BCUT2D eigenvalue weighted by Gasteiger charge is 2.16. The van der Waals surface area contributed by atoms with E-state index in [4.69, 9.17) is 14.9 Å². The van der Waals surface area contributed by atoms with E-state index in [1.807, 2.05) is 35.2 Å². The fourth-order valence-corrected chi connectivity index (χ4v) is 1.68. The SMILES string of the molecule is C=C(C)C(=O)OCC[N+](C)(C)CCCC(=O)O.C[N+](C)(C)CC(=O)O. The molecule has 0 amide bonds. The Morgan fingerprint density at radius 2 is 1.48 bits per heavy atom. The first-order valence-electron chi connectivity index (χ1n) is 8.05. The third-order valence-corrected chi connectivity index (χ3v) is 3.04. The molecule has 146 valence electrons. The Hall–Kier alpha value is -1.93. The number of carbonyl (C=O) groups excluding carboxylic acids is 1. The number of hydrogen-bond acceptors (Lipinski definition) is 4. The van der Waals surface area contributed by atoms with E-state index in [0.717, 1.165) is 6.54 Å². The molecule has 0 fully saturated rings. The lowest BCUT2D eigenvalue weighted by Crippen LogP contribution is -2.43. The van der Waals surface area contributed by atoms with Crippen LogP contribution in [0.4, 0.5) is 0 Å². The monoisotopic (exact) mass is 362 g/mol. The van der Waals surface area contributed by atoms with Crippen LogP contribution >= 0.6 is 0 Å². The molecule has 0 bridgehead atoms. The molecule has 0 aliphatic rings. The molecule has 0 radical (unpaired) electrons. The number of ether oxygens (including phenoxy) is 1. The van der Waals surface area contributed by atoms with Crippen molar-refractivity contribution in [2.45, 2.75) is 19.8 Å². The van der Waals surface area contributed by atoms with Crippen LogP contribution in [-0.4, -0.2) is 98.6 Å². The quantitative estimate of drug-likeness (QED) is 0.339. The first-order chi connectivity index (χ1) is 11.2. The van der Waals surface area contributed by atoms with E-state index >= 15 is 0 Å². The summed E-state index contributed by atoms with van der Waals surface area (Å²) in [4.78, 5) is 31.5. The van der Waals surface area contributed by atoms with Gasteiger partial charge in [-0.15, -0.1) is 0 Å². The van der Waals surface area contributed by atoms with Crippen LogP contribution in [0, 0.1) is 0 Å². The van der Waals surface area contributed by atoms with Gasteiger partial charge < -0.3 is 23.9 Å². The van der Waals surface area contributed by atoms with Gasteiger partial charge >= 0.3 is 17.9 Å². The maximum Gasteiger partial charge on any atom is 0.359 e. The smallest absolute Gasteiger partial charge is 0.359 e. The average Bonchev–Trinajstić information content (AvgIpc) is 2.34. The van der Waals surface area contributed by atoms with E-state index < -0.39 is 11.9 Å². The van der Waals surface area contributed by atoms with Gasteiger partial charge in [0.2, 0.25) is 0 Å². The molecule has 0 aromatic rings. The van der Waals surface area contributed by atoms with Gasteiger partial charge in [-0.05, 0) is 6.92 Å². The topological polar surface area (TPSA) is 101 Å². The first kappa shape index (κ1) is 25.3. The largest absolute Gasteiger partial charge is 0.481 e. The molecule has 8 nitrogen and oxygen atoms in total. The van der Waals surface area contributed by atoms with Crippen molar-refractivity contribution in [3.8, 4) is 0 Å². The molecule has 0 saturated carbocycles. The van der Waals surface area contributed by atoms with Crippen molar-refractivity contribution in [3.63, 3.8) is 0 Å². The Morgan fingerprint density at radius 1 is 0.960 bits per heavy atom. The molecular formula is C17H34N2O6+2. The zero-order valence-corrected chi connectivity index (χ0v) is 16.4. The lowest BCUT2D eigenvalue weighted by Gasteiger charge is -2.29. The maximum atomic E-state index is 11.1. The summed E-state index contributed by atoms with van der Waals surface area (Å²) in [5, 5.41) is 16.8. The van der Waals surface area contributed by atoms with Gasteiger partial charge in [-0.2, -0.15) is 0 Å². The molecule has 0 unspecified atom stereocenters. The molecular weight excluding hydrogens is 328 g/mol. The number of likely N-dealkylation sites (N-methyl/N-ethyl adjacent to an activating group) is 2. The van der Waals surface area contributed by atoms with Crippen LogP contribution in [0.5, 0.6) is 0 Å². The number of carboxylic acid groups (broad SMARTS) is 2. The van der Waals surface area contributed by atoms with Crippen molar-refractivity contribution in [2.75, 3.05) is 61.5 Å². The third kappa shape index (κ3) is 20.0. The lowest BCUT2D eigenvalue weighted by atomic mass is 10.3. The number of hydrogen-bond donors (Lipinski definition) is 2. The fourth-order valence-electron chi connectivity index (χ4n) is 1.68. The summed E-state index contributed by atoms with van der Waals surface area (Å²) in [6.45, 7) is 7.02. The number of aliphatic carboxylic acids is 2. The zero-order chi connectivity index (χ0) is 20.3. The highest BCUT2D eigenvalue weighted by molar-refractivity contribution is 5.86. The third-order valence-electron chi connectivity index (χ3n) is 3.04. The van der Waals surface area contributed by atoms with E-state index in [-0.39, 0.29) is 18.9 Å². The first-order valence-corrected chi connectivity index (χ1v) is 8.05. The minimum atomic E-state index is -0.779. The Kier molecular flexibility index (Phi) is 11.7. The van der Waals surface area contributed by atoms with Crippen LogP contribution in [-0.2, 0) is 19.1 Å². The number of rotatable bonds is 10. The Morgan fingerprint density at radius 3 is 1.80 bits per heavy atom. The van der Waals surface area contributed by atoms with E-state index in [2.05, 4.69) is 6.58 Å². The van der Waals surface area contributed by atoms with Crippen molar-refractivity contribution in [1.29, 1.82) is 0 Å². The van der Waals surface area contributed by atoms with Crippen LogP contribution in [0.15, 0.2) is 12.2 Å². The molecule has 2 N–H and O–H groups in total. The van der Waals surface area contributed by atoms with Gasteiger partial charge in [0.15, 0.2) is 6.54 Å². The summed E-state index contributed by atoms with van der Waals surface area (Å²) in [7, 11) is 9.49. The molecule has 0 aromatic carbocycles. The van der Waals surface area contributed by atoms with Crippen LogP contribution in [0.1, 0.15) is 19.8 Å². The van der Waals surface area contributed by atoms with Crippen molar-refractivity contribution < 1.29 is 38.3 Å². The van der Waals surface area contributed by atoms with Crippen LogP contribution in [0.3, 0.4) is 0 Å². The second kappa shape index (κ2) is 11.6. The van der Waals surface area contributed by atoms with E-state index in [9.17, 15) is 14.4 Å². The Bertz CT molecular complexity index is 466. The van der Waals surface area contributed by atoms with Crippen LogP contribution in [0.2, 0.25) is 0 Å². The Balaban J connectivity index is 0. The van der Waals surface area contributed by atoms with Gasteiger partial charge in [-0.1, -0.05) is 6.58 Å². The molecule has 0 spiro atoms. The number of quaternary nitrogens is 2. The summed E-state index contributed by atoms with van der Waals surface area (Å²) in [5.74, 6) is -1.91. The van der Waals surface area contributed by atoms with Crippen molar-refractivity contribution >= 4 is 17.9 Å². The standard InChI is InChI=1S/C12H21NO4.C5H11NO2/c1-10(2)12(16)17-9-8-13(3,4)7-5-6-11(14)15;1-6(2,3)4-5(7)8/h1,5-9H2,2-4H3;4H2,1-3H3/p+2. The summed E-state index contributed by atoms with van der Waals surface area (Å²) >= 11 is 0. The number of esters is 1. The number of carbonyl (C=O) groups is 3. The number of nitrogens with zero attached hydrogens (tertiary/aromatic N) is 2. The predicted octanol–water partition coefficient (Wildman–Crippen LogP) is 0.824. The Labute approximate surface area is 150 Å². The highest BCUT2D eigenvalue weighted by atomic mass is 16.5. The van der Waals surface area contributed by atoms with Crippen molar-refractivity contribution in [2.24, 2.45) is 0 Å². The van der Waals surface area contributed by atoms with Gasteiger partial charge in [0, 0.05) is 12.0 Å². The van der Waals surface area contributed by atoms with Gasteiger partial charge in [-0.25, -0.2) is 9.59 Å². The molecule has 0 aromatic heterocycles. The molecule has 0 atom stereocenters. The van der Waals surface area contributed by atoms with Crippen molar-refractivity contribution in [3.05, 3.63) is 12.2 Å². The molecule has 0 saturated heterocycles. The average molecular weight is 362 g/mol. The molecule has 0 aliphatic carbocycles. The minimum absolute atomic E-state index is 0.174. The predicted molar refractivity (Wildman–Crippen MR) is 95.0 cm³/mol. The molecule has 0 aliphatic heterocycles. The summed E-state index contributed by atoms with van der Waals surface area (Å²) < 4.78 is 6.11. The van der Waals surface area contributed by atoms with Gasteiger partial charge in [-0.3, -0.25) is 4.79 Å². The van der Waals surface area contributed by atoms with E-state index in [1.54, 1.807) is 6.92 Å². The normalized spacial score (nSPS) is 11.1. The van der Waals surface area contributed by atoms with Crippen LogP contribution in [0.25, 0.3) is 0 Å².